The fourth-order valence-corrected chi connectivity index (χ4v) is 2.33. The first-order valence-electron chi connectivity index (χ1n) is 6.71. The van der Waals surface area contributed by atoms with Crippen molar-refractivity contribution >= 4 is 21.9 Å². The number of nitrogens with zero attached hydrogens (tertiary/aromatic N) is 2. The van der Waals surface area contributed by atoms with Gasteiger partial charge in [0.1, 0.15) is 0 Å². The molecule has 0 fully saturated rings. The first-order chi connectivity index (χ1) is 8.90. The van der Waals surface area contributed by atoms with Gasteiger partial charge in [0.05, 0.1) is 6.54 Å². The van der Waals surface area contributed by atoms with Crippen LogP contribution in [-0.4, -0.2) is 30.5 Å². The molecule has 19 heavy (non-hydrogen) atoms. The average molecular weight is 326 g/mol. The summed E-state index contributed by atoms with van der Waals surface area (Å²) in [6.07, 6.45) is 0. The van der Waals surface area contributed by atoms with Crippen molar-refractivity contribution in [3.05, 3.63) is 34.3 Å². The van der Waals surface area contributed by atoms with Gasteiger partial charge in [0.2, 0.25) is 0 Å². The Kier molecular flexibility index (Phi) is 5.85. The SMILES string of the molecule is CCN(CC)C(N)=NCC(C)(C)c1cccc(Br)c1. The van der Waals surface area contributed by atoms with E-state index in [2.05, 4.69) is 71.7 Å². The number of hydrogen-bond acceptors (Lipinski definition) is 1. The van der Waals surface area contributed by atoms with Crippen molar-refractivity contribution in [2.75, 3.05) is 19.6 Å². The number of hydrogen-bond donors (Lipinski definition) is 1. The van der Waals surface area contributed by atoms with Crippen molar-refractivity contribution in [2.45, 2.75) is 33.1 Å². The van der Waals surface area contributed by atoms with Crippen molar-refractivity contribution in [1.82, 2.24) is 4.90 Å². The van der Waals surface area contributed by atoms with Crippen molar-refractivity contribution in [1.29, 1.82) is 0 Å². The predicted octanol–water partition coefficient (Wildman–Crippen LogP) is 3.38. The molecule has 0 aliphatic carbocycles. The summed E-state index contributed by atoms with van der Waals surface area (Å²) >= 11 is 3.51. The zero-order valence-corrected chi connectivity index (χ0v) is 13.9. The summed E-state index contributed by atoms with van der Waals surface area (Å²) in [6.45, 7) is 11.0. The Hall–Kier alpha value is -1.03. The van der Waals surface area contributed by atoms with E-state index in [1.165, 1.54) is 5.56 Å². The summed E-state index contributed by atoms with van der Waals surface area (Å²) in [5.74, 6) is 0.632. The lowest BCUT2D eigenvalue weighted by molar-refractivity contribution is 0.451. The molecule has 0 radical (unpaired) electrons. The Bertz CT molecular complexity index is 437. The minimum Gasteiger partial charge on any atom is -0.370 e. The number of rotatable bonds is 5. The van der Waals surface area contributed by atoms with Crippen LogP contribution in [0.5, 0.6) is 0 Å². The summed E-state index contributed by atoms with van der Waals surface area (Å²) in [5, 5.41) is 0. The minimum absolute atomic E-state index is 0.0262. The molecular formula is C15H24BrN3. The summed E-state index contributed by atoms with van der Waals surface area (Å²) in [7, 11) is 0. The maximum Gasteiger partial charge on any atom is 0.191 e. The van der Waals surface area contributed by atoms with Gasteiger partial charge in [0, 0.05) is 23.0 Å². The van der Waals surface area contributed by atoms with Crippen LogP contribution in [0.15, 0.2) is 33.7 Å². The number of guanidine groups is 1. The van der Waals surface area contributed by atoms with E-state index in [0.717, 1.165) is 17.6 Å². The van der Waals surface area contributed by atoms with Gasteiger partial charge < -0.3 is 10.6 Å². The number of nitrogens with two attached hydrogens (primary N) is 1. The van der Waals surface area contributed by atoms with Gasteiger partial charge in [0.25, 0.3) is 0 Å². The summed E-state index contributed by atoms with van der Waals surface area (Å²) in [4.78, 5) is 6.62. The fraction of sp³-hybridized carbons (Fsp3) is 0.533. The molecule has 4 heteroatoms. The molecule has 0 heterocycles. The number of benzene rings is 1. The predicted molar refractivity (Wildman–Crippen MR) is 86.6 cm³/mol. The third-order valence-electron chi connectivity index (χ3n) is 3.33. The molecule has 1 aromatic rings. The molecular weight excluding hydrogens is 302 g/mol. The van der Waals surface area contributed by atoms with Crippen LogP contribution in [0.1, 0.15) is 33.3 Å². The van der Waals surface area contributed by atoms with Gasteiger partial charge in [-0.3, -0.25) is 4.99 Å². The van der Waals surface area contributed by atoms with Crippen molar-refractivity contribution < 1.29 is 0 Å². The lowest BCUT2D eigenvalue weighted by atomic mass is 9.85. The highest BCUT2D eigenvalue weighted by atomic mass is 79.9. The first kappa shape index (κ1) is 16.0. The van der Waals surface area contributed by atoms with E-state index in [9.17, 15) is 0 Å². The third kappa shape index (κ3) is 4.53. The topological polar surface area (TPSA) is 41.6 Å². The van der Waals surface area contributed by atoms with Crippen molar-refractivity contribution in [3.63, 3.8) is 0 Å². The molecule has 0 saturated carbocycles. The number of halogens is 1. The fourth-order valence-electron chi connectivity index (χ4n) is 1.93. The molecule has 3 nitrogen and oxygen atoms in total. The maximum absolute atomic E-state index is 6.02. The Morgan fingerprint density at radius 3 is 2.47 bits per heavy atom. The Balaban J connectivity index is 2.82. The second kappa shape index (κ2) is 6.94. The molecule has 0 aromatic heterocycles. The van der Waals surface area contributed by atoms with Gasteiger partial charge in [-0.2, -0.15) is 0 Å². The largest absolute Gasteiger partial charge is 0.370 e. The standard InChI is InChI=1S/C15H24BrN3/c1-5-19(6-2)14(17)18-11-15(3,4)12-8-7-9-13(16)10-12/h7-10H,5-6,11H2,1-4H3,(H2,17,18). The van der Waals surface area contributed by atoms with Crippen molar-refractivity contribution in [3.8, 4) is 0 Å². The molecule has 1 aromatic carbocycles. The third-order valence-corrected chi connectivity index (χ3v) is 3.82. The van der Waals surface area contributed by atoms with E-state index in [0.29, 0.717) is 12.5 Å². The number of aliphatic imine (C=N–C) groups is 1. The van der Waals surface area contributed by atoms with Crippen molar-refractivity contribution in [2.24, 2.45) is 10.7 Å². The highest BCUT2D eigenvalue weighted by molar-refractivity contribution is 9.10. The molecule has 0 aliphatic heterocycles. The lowest BCUT2D eigenvalue weighted by Crippen LogP contribution is -2.38. The van der Waals surface area contributed by atoms with Gasteiger partial charge in [-0.1, -0.05) is 41.9 Å². The zero-order valence-electron chi connectivity index (χ0n) is 12.3. The first-order valence-corrected chi connectivity index (χ1v) is 7.51. The van der Waals surface area contributed by atoms with E-state index >= 15 is 0 Å². The Morgan fingerprint density at radius 1 is 1.32 bits per heavy atom. The summed E-state index contributed by atoms with van der Waals surface area (Å²) < 4.78 is 1.10. The van der Waals surface area contributed by atoms with E-state index in [-0.39, 0.29) is 5.41 Å². The van der Waals surface area contributed by atoms with Crippen LogP contribution in [0.25, 0.3) is 0 Å². The lowest BCUT2D eigenvalue weighted by Gasteiger charge is -2.25. The van der Waals surface area contributed by atoms with Gasteiger partial charge in [-0.25, -0.2) is 0 Å². The van der Waals surface area contributed by atoms with E-state index < -0.39 is 0 Å². The van der Waals surface area contributed by atoms with E-state index in [1.54, 1.807) is 0 Å². The molecule has 0 atom stereocenters. The van der Waals surface area contributed by atoms with Crippen LogP contribution < -0.4 is 5.73 Å². The summed E-state index contributed by atoms with van der Waals surface area (Å²) in [5.41, 5.74) is 7.26. The molecule has 0 bridgehead atoms. The average Bonchev–Trinajstić information content (AvgIpc) is 2.38. The normalized spacial score (nSPS) is 12.6. The maximum atomic E-state index is 6.02. The van der Waals surface area contributed by atoms with Crippen LogP contribution >= 0.6 is 15.9 Å². The second-order valence-corrected chi connectivity index (χ2v) is 6.16. The van der Waals surface area contributed by atoms with E-state index in [4.69, 9.17) is 5.73 Å². The minimum atomic E-state index is -0.0262. The second-order valence-electron chi connectivity index (χ2n) is 5.24. The molecule has 1 rings (SSSR count). The molecule has 0 spiro atoms. The quantitative estimate of drug-likeness (QED) is 0.666. The highest BCUT2D eigenvalue weighted by Crippen LogP contribution is 2.26. The van der Waals surface area contributed by atoms with Crippen LogP contribution in [-0.2, 0) is 5.41 Å². The van der Waals surface area contributed by atoms with Gasteiger partial charge >= 0.3 is 0 Å². The van der Waals surface area contributed by atoms with Gasteiger partial charge in [-0.05, 0) is 31.5 Å². The van der Waals surface area contributed by atoms with Crippen LogP contribution in [0.3, 0.4) is 0 Å². The van der Waals surface area contributed by atoms with Crippen LogP contribution in [0.4, 0.5) is 0 Å². The smallest absolute Gasteiger partial charge is 0.191 e. The van der Waals surface area contributed by atoms with Crippen LogP contribution in [0, 0.1) is 0 Å². The Morgan fingerprint density at radius 2 is 1.95 bits per heavy atom. The summed E-state index contributed by atoms with van der Waals surface area (Å²) in [6, 6.07) is 8.36. The monoisotopic (exact) mass is 325 g/mol. The molecule has 0 amide bonds. The molecule has 106 valence electrons. The molecule has 0 saturated heterocycles. The van der Waals surface area contributed by atoms with Gasteiger partial charge in [0.15, 0.2) is 5.96 Å². The molecule has 0 aliphatic rings. The molecule has 0 unspecified atom stereocenters. The van der Waals surface area contributed by atoms with E-state index in [1.807, 2.05) is 6.07 Å². The molecule has 2 N–H and O–H groups in total. The van der Waals surface area contributed by atoms with Crippen LogP contribution in [0.2, 0.25) is 0 Å². The highest BCUT2D eigenvalue weighted by Gasteiger charge is 2.20. The Labute approximate surface area is 125 Å². The van der Waals surface area contributed by atoms with Gasteiger partial charge in [-0.15, -0.1) is 0 Å². The zero-order chi connectivity index (χ0) is 14.5.